The lowest BCUT2D eigenvalue weighted by Crippen LogP contribution is -2.18. The van der Waals surface area contributed by atoms with E-state index in [9.17, 15) is 0 Å². The molecule has 0 bridgehead atoms. The van der Waals surface area contributed by atoms with Crippen LogP contribution in [0.3, 0.4) is 0 Å². The number of hydrogen-bond donors (Lipinski definition) is 4. The van der Waals surface area contributed by atoms with Gasteiger partial charge in [0.25, 0.3) is 0 Å². The summed E-state index contributed by atoms with van der Waals surface area (Å²) in [5, 5.41) is 9.83. The van der Waals surface area contributed by atoms with Crippen LogP contribution in [0.5, 0.6) is 0 Å². The zero-order chi connectivity index (χ0) is 20.2. The molecule has 9 nitrogen and oxygen atoms in total. The first-order chi connectivity index (χ1) is 14.3. The van der Waals surface area contributed by atoms with Gasteiger partial charge in [-0.05, 0) is 24.8 Å². The largest absolute Gasteiger partial charge is 0.378 e. The van der Waals surface area contributed by atoms with Crippen molar-refractivity contribution in [3.05, 3.63) is 35.9 Å². The van der Waals surface area contributed by atoms with Crippen molar-refractivity contribution >= 4 is 17.8 Å². The molecule has 158 valence electrons. The fourth-order valence-corrected chi connectivity index (χ4v) is 2.61. The summed E-state index contributed by atoms with van der Waals surface area (Å²) >= 11 is 0. The van der Waals surface area contributed by atoms with Gasteiger partial charge in [0.1, 0.15) is 0 Å². The Hall–Kier alpha value is -2.49. The van der Waals surface area contributed by atoms with E-state index < -0.39 is 0 Å². The summed E-state index contributed by atoms with van der Waals surface area (Å²) in [5.41, 5.74) is 6.64. The van der Waals surface area contributed by atoms with Crippen molar-refractivity contribution in [2.24, 2.45) is 5.73 Å². The van der Waals surface area contributed by atoms with Crippen LogP contribution in [-0.4, -0.2) is 67.1 Å². The maximum absolute atomic E-state index is 5.52. The first-order valence-electron chi connectivity index (χ1n) is 10.2. The molecule has 29 heavy (non-hydrogen) atoms. The van der Waals surface area contributed by atoms with Gasteiger partial charge < -0.3 is 31.2 Å². The summed E-state index contributed by atoms with van der Waals surface area (Å²) in [4.78, 5) is 13.4. The van der Waals surface area contributed by atoms with E-state index in [0.717, 1.165) is 25.8 Å². The Bertz CT molecular complexity index is 713. The predicted octanol–water partition coefficient (Wildman–Crippen LogP) is 1.50. The van der Waals surface area contributed by atoms with Crippen molar-refractivity contribution in [2.45, 2.75) is 25.3 Å². The molecule has 0 unspecified atom stereocenters. The van der Waals surface area contributed by atoms with E-state index in [1.165, 1.54) is 5.56 Å². The molecule has 0 aliphatic heterocycles. The maximum Gasteiger partial charge on any atom is 0.229 e. The van der Waals surface area contributed by atoms with Gasteiger partial charge in [0.2, 0.25) is 17.8 Å². The SMILES string of the molecule is NCCOCCOCCNc1nc(NCCc2ccccc2)nc(NC2CC2)n1. The number of ether oxygens (including phenoxy) is 2. The fourth-order valence-electron chi connectivity index (χ4n) is 2.61. The standard InChI is InChI=1S/C20H31N7O2/c21-9-12-28-14-15-29-13-11-23-19-25-18(26-20(27-19)24-17-6-7-17)22-10-8-16-4-2-1-3-5-16/h1-5,17H,6-15,21H2,(H3,22,23,24,25,26,27). The highest BCUT2D eigenvalue weighted by atomic mass is 16.5. The topological polar surface area (TPSA) is 119 Å². The van der Waals surface area contributed by atoms with Crippen LogP contribution >= 0.6 is 0 Å². The van der Waals surface area contributed by atoms with Crippen molar-refractivity contribution in [3.63, 3.8) is 0 Å². The molecule has 1 aliphatic rings. The Balaban J connectivity index is 1.44. The minimum atomic E-state index is 0.472. The molecule has 1 aromatic carbocycles. The molecule has 0 saturated heterocycles. The molecule has 0 amide bonds. The van der Waals surface area contributed by atoms with E-state index in [-0.39, 0.29) is 0 Å². The first kappa shape index (κ1) is 21.2. The highest BCUT2D eigenvalue weighted by Gasteiger charge is 2.22. The number of nitrogens with zero attached hydrogens (tertiary/aromatic N) is 3. The van der Waals surface area contributed by atoms with Gasteiger partial charge >= 0.3 is 0 Å². The number of benzene rings is 1. The normalized spacial score (nSPS) is 13.3. The van der Waals surface area contributed by atoms with Crippen molar-refractivity contribution in [2.75, 3.05) is 62.0 Å². The second kappa shape index (κ2) is 12.2. The Labute approximate surface area is 171 Å². The Kier molecular flexibility index (Phi) is 8.89. The molecular formula is C20H31N7O2. The summed E-state index contributed by atoms with van der Waals surface area (Å²) < 4.78 is 10.8. The van der Waals surface area contributed by atoms with Gasteiger partial charge in [-0.25, -0.2) is 0 Å². The predicted molar refractivity (Wildman–Crippen MR) is 114 cm³/mol. The molecule has 1 fully saturated rings. The smallest absolute Gasteiger partial charge is 0.229 e. The minimum Gasteiger partial charge on any atom is -0.378 e. The van der Waals surface area contributed by atoms with Crippen LogP contribution in [-0.2, 0) is 15.9 Å². The average molecular weight is 402 g/mol. The number of aromatic nitrogens is 3. The van der Waals surface area contributed by atoms with Gasteiger partial charge in [0, 0.05) is 25.7 Å². The van der Waals surface area contributed by atoms with Gasteiger partial charge in [-0.3, -0.25) is 0 Å². The van der Waals surface area contributed by atoms with Crippen LogP contribution in [0.4, 0.5) is 17.8 Å². The van der Waals surface area contributed by atoms with Crippen molar-refractivity contribution in [1.82, 2.24) is 15.0 Å². The summed E-state index contributed by atoms with van der Waals surface area (Å²) in [5.74, 6) is 1.70. The molecule has 2 aromatic rings. The maximum atomic E-state index is 5.52. The van der Waals surface area contributed by atoms with Gasteiger partial charge in [0.05, 0.1) is 26.4 Å². The van der Waals surface area contributed by atoms with E-state index in [2.05, 4.69) is 43.0 Å². The zero-order valence-electron chi connectivity index (χ0n) is 16.8. The van der Waals surface area contributed by atoms with E-state index >= 15 is 0 Å². The van der Waals surface area contributed by atoms with Crippen molar-refractivity contribution in [1.29, 1.82) is 0 Å². The number of anilines is 3. The molecule has 9 heteroatoms. The third-order valence-corrected chi connectivity index (χ3v) is 4.25. The Morgan fingerprint density at radius 3 is 2.17 bits per heavy atom. The second-order valence-corrected chi connectivity index (χ2v) is 6.83. The molecule has 0 radical (unpaired) electrons. The van der Waals surface area contributed by atoms with E-state index in [1.54, 1.807) is 0 Å². The monoisotopic (exact) mass is 401 g/mol. The van der Waals surface area contributed by atoms with Crippen molar-refractivity contribution in [3.8, 4) is 0 Å². The van der Waals surface area contributed by atoms with Gasteiger partial charge in [0.15, 0.2) is 0 Å². The summed E-state index contributed by atoms with van der Waals surface area (Å²) in [6.45, 7) is 4.08. The van der Waals surface area contributed by atoms with Crippen LogP contribution < -0.4 is 21.7 Å². The van der Waals surface area contributed by atoms with Gasteiger partial charge in [-0.2, -0.15) is 15.0 Å². The third kappa shape index (κ3) is 8.59. The van der Waals surface area contributed by atoms with Crippen LogP contribution in [0.2, 0.25) is 0 Å². The number of nitrogens with two attached hydrogens (primary N) is 1. The molecule has 0 spiro atoms. The quantitative estimate of drug-likeness (QED) is 0.329. The molecule has 1 aromatic heterocycles. The lowest BCUT2D eigenvalue weighted by atomic mass is 10.1. The Morgan fingerprint density at radius 2 is 1.48 bits per heavy atom. The third-order valence-electron chi connectivity index (χ3n) is 4.25. The molecular weight excluding hydrogens is 370 g/mol. The van der Waals surface area contributed by atoms with Crippen LogP contribution in [0.1, 0.15) is 18.4 Å². The summed E-state index contributed by atoms with van der Waals surface area (Å²) in [6.07, 6.45) is 3.22. The van der Waals surface area contributed by atoms with Gasteiger partial charge in [-0.15, -0.1) is 0 Å². The summed E-state index contributed by atoms with van der Waals surface area (Å²) in [6, 6.07) is 10.8. The first-order valence-corrected chi connectivity index (χ1v) is 10.2. The number of nitrogens with one attached hydrogen (secondary N) is 3. The lowest BCUT2D eigenvalue weighted by Gasteiger charge is -2.11. The molecule has 1 heterocycles. The fraction of sp³-hybridized carbons (Fsp3) is 0.550. The lowest BCUT2D eigenvalue weighted by molar-refractivity contribution is 0.0547. The second-order valence-electron chi connectivity index (χ2n) is 6.83. The molecule has 5 N–H and O–H groups in total. The van der Waals surface area contributed by atoms with Gasteiger partial charge in [-0.1, -0.05) is 30.3 Å². The van der Waals surface area contributed by atoms with E-state index in [1.807, 2.05) is 18.2 Å². The van der Waals surface area contributed by atoms with Crippen LogP contribution in [0, 0.1) is 0 Å². The average Bonchev–Trinajstić information content (AvgIpc) is 3.55. The molecule has 1 saturated carbocycles. The molecule has 3 rings (SSSR count). The molecule has 1 aliphatic carbocycles. The minimum absolute atomic E-state index is 0.472. The summed E-state index contributed by atoms with van der Waals surface area (Å²) in [7, 11) is 0. The van der Waals surface area contributed by atoms with Crippen LogP contribution in [0.25, 0.3) is 0 Å². The van der Waals surface area contributed by atoms with E-state index in [4.69, 9.17) is 15.2 Å². The highest BCUT2D eigenvalue weighted by Crippen LogP contribution is 2.23. The molecule has 0 atom stereocenters. The van der Waals surface area contributed by atoms with Crippen LogP contribution in [0.15, 0.2) is 30.3 Å². The Morgan fingerprint density at radius 1 is 0.828 bits per heavy atom. The van der Waals surface area contributed by atoms with Crippen molar-refractivity contribution < 1.29 is 9.47 Å². The number of rotatable bonds is 15. The highest BCUT2D eigenvalue weighted by molar-refractivity contribution is 5.43. The number of hydrogen-bond acceptors (Lipinski definition) is 9. The zero-order valence-corrected chi connectivity index (χ0v) is 16.8. The van der Waals surface area contributed by atoms with E-state index in [0.29, 0.717) is 63.4 Å².